The molecule has 0 fully saturated rings. The fraction of sp³-hybridized carbons (Fsp3) is 0.318. The number of hydrogen-bond acceptors (Lipinski definition) is 3. The minimum absolute atomic E-state index is 0.420. The van der Waals surface area contributed by atoms with Crippen LogP contribution in [0.3, 0.4) is 0 Å². The second-order valence-corrected chi connectivity index (χ2v) is 6.44. The van der Waals surface area contributed by atoms with Crippen molar-refractivity contribution in [1.82, 2.24) is 4.57 Å². The lowest BCUT2D eigenvalue weighted by Gasteiger charge is -2.11. The van der Waals surface area contributed by atoms with Crippen molar-refractivity contribution in [3.63, 3.8) is 0 Å². The van der Waals surface area contributed by atoms with E-state index in [1.165, 1.54) is 22.2 Å². The molecule has 1 N–H and O–H groups in total. The predicted octanol–water partition coefficient (Wildman–Crippen LogP) is 5.60. The number of methoxy groups -OCH3 is 1. The summed E-state index contributed by atoms with van der Waals surface area (Å²) in [6, 6.07) is 14.0. The van der Waals surface area contributed by atoms with Gasteiger partial charge in [0.25, 0.3) is 0 Å². The van der Waals surface area contributed by atoms with Crippen LogP contribution < -0.4 is 10.1 Å². The number of aromatic nitrogens is 1. The van der Waals surface area contributed by atoms with Crippen LogP contribution in [0.25, 0.3) is 22.2 Å². The SMILES string of the molecule is CCCOC(=O)Nc1ccc(-c2c(C)c3cc(OC)ccc3n2CC)cc1. The molecule has 2 aromatic carbocycles. The van der Waals surface area contributed by atoms with Gasteiger partial charge in [-0.25, -0.2) is 4.79 Å². The van der Waals surface area contributed by atoms with Crippen LogP contribution in [0.4, 0.5) is 10.5 Å². The zero-order valence-corrected chi connectivity index (χ0v) is 16.3. The van der Waals surface area contributed by atoms with Gasteiger partial charge >= 0.3 is 6.09 Å². The van der Waals surface area contributed by atoms with Gasteiger partial charge < -0.3 is 14.0 Å². The third-order valence-electron chi connectivity index (χ3n) is 4.68. The molecule has 0 saturated heterocycles. The molecule has 1 heterocycles. The lowest BCUT2D eigenvalue weighted by molar-refractivity contribution is 0.161. The molecule has 0 atom stereocenters. The van der Waals surface area contributed by atoms with Crippen LogP contribution in [0.15, 0.2) is 42.5 Å². The third kappa shape index (κ3) is 3.77. The number of anilines is 1. The number of nitrogens with one attached hydrogen (secondary N) is 1. The van der Waals surface area contributed by atoms with Crippen molar-refractivity contribution in [3.8, 4) is 17.0 Å². The number of aryl methyl sites for hydroxylation is 2. The molecule has 0 spiro atoms. The first-order chi connectivity index (χ1) is 13.1. The summed E-state index contributed by atoms with van der Waals surface area (Å²) >= 11 is 0. The van der Waals surface area contributed by atoms with E-state index >= 15 is 0 Å². The maximum Gasteiger partial charge on any atom is 0.411 e. The van der Waals surface area contributed by atoms with E-state index in [0.717, 1.165) is 30.0 Å². The molecule has 5 heteroatoms. The molecule has 0 saturated carbocycles. The molecule has 0 aliphatic heterocycles. The number of nitrogens with zero attached hydrogens (tertiary/aromatic N) is 1. The molecule has 3 rings (SSSR count). The van der Waals surface area contributed by atoms with E-state index in [1.54, 1.807) is 7.11 Å². The smallest absolute Gasteiger partial charge is 0.411 e. The quantitative estimate of drug-likeness (QED) is 0.617. The number of benzene rings is 2. The highest BCUT2D eigenvalue weighted by Gasteiger charge is 2.15. The van der Waals surface area contributed by atoms with E-state index in [9.17, 15) is 4.79 Å². The number of ether oxygens (including phenoxy) is 2. The Morgan fingerprint density at radius 2 is 1.85 bits per heavy atom. The first-order valence-corrected chi connectivity index (χ1v) is 9.30. The Morgan fingerprint density at radius 1 is 1.11 bits per heavy atom. The standard InChI is InChI=1S/C22H26N2O3/c1-5-13-27-22(25)23-17-9-7-16(8-10-17)21-15(3)19-14-18(26-4)11-12-20(19)24(21)6-2/h7-12,14H,5-6,13H2,1-4H3,(H,23,25). The van der Waals surface area contributed by atoms with Gasteiger partial charge in [0.2, 0.25) is 0 Å². The van der Waals surface area contributed by atoms with E-state index in [2.05, 4.69) is 35.9 Å². The molecule has 27 heavy (non-hydrogen) atoms. The van der Waals surface area contributed by atoms with Gasteiger partial charge in [-0.15, -0.1) is 0 Å². The highest BCUT2D eigenvalue weighted by atomic mass is 16.5. The van der Waals surface area contributed by atoms with Gasteiger partial charge in [0.05, 0.1) is 19.4 Å². The van der Waals surface area contributed by atoms with Crippen LogP contribution in [0, 0.1) is 6.92 Å². The molecule has 0 bridgehead atoms. The van der Waals surface area contributed by atoms with E-state index < -0.39 is 6.09 Å². The molecule has 1 aromatic heterocycles. The minimum atomic E-state index is -0.421. The summed E-state index contributed by atoms with van der Waals surface area (Å²) < 4.78 is 12.8. The Balaban J connectivity index is 1.95. The van der Waals surface area contributed by atoms with Crippen LogP contribution in [0.5, 0.6) is 5.75 Å². The van der Waals surface area contributed by atoms with Gasteiger partial charge in [-0.1, -0.05) is 19.1 Å². The predicted molar refractivity (Wildman–Crippen MR) is 110 cm³/mol. The Labute approximate surface area is 159 Å². The van der Waals surface area contributed by atoms with Gasteiger partial charge in [0.1, 0.15) is 5.75 Å². The van der Waals surface area contributed by atoms with Crippen LogP contribution in [0.2, 0.25) is 0 Å². The van der Waals surface area contributed by atoms with Crippen molar-refractivity contribution >= 4 is 22.7 Å². The summed E-state index contributed by atoms with van der Waals surface area (Å²) in [6.45, 7) is 7.54. The van der Waals surface area contributed by atoms with Crippen molar-refractivity contribution < 1.29 is 14.3 Å². The molecule has 1 amide bonds. The van der Waals surface area contributed by atoms with E-state index in [1.807, 2.05) is 37.3 Å². The summed E-state index contributed by atoms with van der Waals surface area (Å²) in [4.78, 5) is 11.7. The zero-order chi connectivity index (χ0) is 19.4. The van der Waals surface area contributed by atoms with Crippen LogP contribution >= 0.6 is 0 Å². The second-order valence-electron chi connectivity index (χ2n) is 6.44. The van der Waals surface area contributed by atoms with Crippen molar-refractivity contribution in [2.75, 3.05) is 19.0 Å². The van der Waals surface area contributed by atoms with Gasteiger partial charge in [-0.3, -0.25) is 5.32 Å². The first-order valence-electron chi connectivity index (χ1n) is 9.30. The van der Waals surface area contributed by atoms with Crippen molar-refractivity contribution in [3.05, 3.63) is 48.0 Å². The van der Waals surface area contributed by atoms with Crippen LogP contribution in [-0.2, 0) is 11.3 Å². The first kappa shape index (κ1) is 18.8. The van der Waals surface area contributed by atoms with E-state index in [-0.39, 0.29) is 0 Å². The maximum absolute atomic E-state index is 11.7. The zero-order valence-electron chi connectivity index (χ0n) is 16.3. The summed E-state index contributed by atoms with van der Waals surface area (Å²) in [6.07, 6.45) is 0.383. The van der Waals surface area contributed by atoms with Crippen LogP contribution in [0.1, 0.15) is 25.8 Å². The Bertz CT molecular complexity index is 942. The van der Waals surface area contributed by atoms with E-state index in [4.69, 9.17) is 9.47 Å². The topological polar surface area (TPSA) is 52.5 Å². The number of rotatable bonds is 6. The lowest BCUT2D eigenvalue weighted by atomic mass is 10.1. The number of carbonyl (C=O) groups excluding carboxylic acids is 1. The van der Waals surface area contributed by atoms with E-state index in [0.29, 0.717) is 6.61 Å². The van der Waals surface area contributed by atoms with Gasteiger partial charge in [-0.2, -0.15) is 0 Å². The van der Waals surface area contributed by atoms with Crippen molar-refractivity contribution in [1.29, 1.82) is 0 Å². The molecular weight excluding hydrogens is 340 g/mol. The molecule has 0 aliphatic rings. The third-order valence-corrected chi connectivity index (χ3v) is 4.68. The number of amides is 1. The van der Waals surface area contributed by atoms with Crippen molar-refractivity contribution in [2.24, 2.45) is 0 Å². The molecule has 0 aliphatic carbocycles. The average molecular weight is 366 g/mol. The molecule has 0 radical (unpaired) electrons. The second kappa shape index (κ2) is 8.16. The largest absolute Gasteiger partial charge is 0.497 e. The highest BCUT2D eigenvalue weighted by Crippen LogP contribution is 2.35. The van der Waals surface area contributed by atoms with Gasteiger partial charge in [0.15, 0.2) is 0 Å². The number of fused-ring (bicyclic) bond motifs is 1. The molecule has 5 nitrogen and oxygen atoms in total. The maximum atomic E-state index is 11.7. The summed E-state index contributed by atoms with van der Waals surface area (Å²) in [5.41, 5.74) is 5.42. The Morgan fingerprint density at radius 3 is 2.48 bits per heavy atom. The average Bonchev–Trinajstić information content (AvgIpc) is 2.98. The lowest BCUT2D eigenvalue weighted by Crippen LogP contribution is -2.13. The molecule has 3 aromatic rings. The van der Waals surface area contributed by atoms with Crippen LogP contribution in [-0.4, -0.2) is 24.4 Å². The molecular formula is C22H26N2O3. The fourth-order valence-electron chi connectivity index (χ4n) is 3.39. The normalized spacial score (nSPS) is 10.8. The Kier molecular flexibility index (Phi) is 5.69. The number of carbonyl (C=O) groups is 1. The summed E-state index contributed by atoms with van der Waals surface area (Å²) in [5, 5.41) is 3.95. The minimum Gasteiger partial charge on any atom is -0.497 e. The van der Waals surface area contributed by atoms with Gasteiger partial charge in [-0.05, 0) is 61.7 Å². The summed E-state index contributed by atoms with van der Waals surface area (Å²) in [5.74, 6) is 0.857. The highest BCUT2D eigenvalue weighted by molar-refractivity contribution is 5.93. The van der Waals surface area contributed by atoms with Gasteiger partial charge in [0, 0.05) is 23.1 Å². The Hall–Kier alpha value is -2.95. The van der Waals surface area contributed by atoms with Crippen molar-refractivity contribution in [2.45, 2.75) is 33.7 Å². The molecule has 0 unspecified atom stereocenters. The summed E-state index contributed by atoms with van der Waals surface area (Å²) in [7, 11) is 1.69. The monoisotopic (exact) mass is 366 g/mol. The molecule has 142 valence electrons. The fourth-order valence-corrected chi connectivity index (χ4v) is 3.39. The number of hydrogen-bond donors (Lipinski definition) is 1.